The zero-order valence-corrected chi connectivity index (χ0v) is 17.2. The quantitative estimate of drug-likeness (QED) is 0.526. The second-order valence-corrected chi connectivity index (χ2v) is 7.53. The monoisotopic (exact) mass is 447 g/mol. The lowest BCUT2D eigenvalue weighted by Crippen LogP contribution is -2.49. The van der Waals surface area contributed by atoms with Gasteiger partial charge in [0.25, 0.3) is 5.91 Å². The van der Waals surface area contributed by atoms with E-state index < -0.39 is 35.9 Å². The maximum atomic E-state index is 14.4. The lowest BCUT2D eigenvalue weighted by atomic mass is 10.0. The normalized spacial score (nSPS) is 11.8. The third kappa shape index (κ3) is 5.29. The Hall–Kier alpha value is -3.75. The highest BCUT2D eigenvalue weighted by atomic mass is 19.3. The van der Waals surface area contributed by atoms with Gasteiger partial charge in [0.1, 0.15) is 22.9 Å². The van der Waals surface area contributed by atoms with Crippen molar-refractivity contribution in [1.82, 2.24) is 5.32 Å². The largest absolute Gasteiger partial charge is 0.482 e. The summed E-state index contributed by atoms with van der Waals surface area (Å²) in [5.41, 5.74) is -1.72. The van der Waals surface area contributed by atoms with E-state index in [1.165, 1.54) is 19.9 Å². The van der Waals surface area contributed by atoms with Gasteiger partial charge < -0.3 is 19.9 Å². The van der Waals surface area contributed by atoms with Gasteiger partial charge in [-0.2, -0.15) is 8.78 Å². The summed E-state index contributed by atoms with van der Waals surface area (Å²) in [6.45, 7) is 1.33. The first-order valence-corrected chi connectivity index (χ1v) is 9.51. The summed E-state index contributed by atoms with van der Waals surface area (Å²) in [5.74, 6) is -3.09. The SMILES string of the molecule is CC(C)(NC(=O)c1ccc2ccccc2c1OCC(F)(F)Oc1ccc(F)cc1)C(=O)O. The van der Waals surface area contributed by atoms with Crippen LogP contribution in [0, 0.1) is 5.82 Å². The average molecular weight is 447 g/mol. The Morgan fingerprint density at radius 2 is 1.66 bits per heavy atom. The molecule has 0 heterocycles. The van der Waals surface area contributed by atoms with Gasteiger partial charge in [-0.25, -0.2) is 9.18 Å². The fourth-order valence-corrected chi connectivity index (χ4v) is 2.84. The van der Waals surface area contributed by atoms with Crippen LogP contribution in [0.3, 0.4) is 0 Å². The van der Waals surface area contributed by atoms with Crippen LogP contribution in [-0.2, 0) is 4.79 Å². The molecule has 0 bridgehead atoms. The standard InChI is InChI=1S/C23H20F3NO5/c1-22(2,21(29)30)27-20(28)18-12-7-14-5-3-4-6-17(14)19(18)31-13-23(25,26)32-16-10-8-15(24)9-11-16/h3-12H,13H2,1-2H3,(H,27,28)(H,29,30). The van der Waals surface area contributed by atoms with Gasteiger partial charge in [-0.1, -0.05) is 30.3 Å². The Morgan fingerprint density at radius 1 is 1.00 bits per heavy atom. The molecular weight excluding hydrogens is 427 g/mol. The van der Waals surface area contributed by atoms with Gasteiger partial charge in [0, 0.05) is 5.39 Å². The van der Waals surface area contributed by atoms with Gasteiger partial charge in [-0.05, 0) is 49.6 Å². The first kappa shape index (κ1) is 22.9. The molecule has 2 N–H and O–H groups in total. The molecule has 3 aromatic rings. The van der Waals surface area contributed by atoms with Crippen LogP contribution in [-0.4, -0.2) is 35.2 Å². The number of alkyl halides is 2. The van der Waals surface area contributed by atoms with Gasteiger partial charge in [-0.3, -0.25) is 4.79 Å². The van der Waals surface area contributed by atoms with Crippen LogP contribution < -0.4 is 14.8 Å². The van der Waals surface area contributed by atoms with E-state index in [0.29, 0.717) is 10.8 Å². The van der Waals surface area contributed by atoms with Gasteiger partial charge in [0.15, 0.2) is 6.61 Å². The van der Waals surface area contributed by atoms with Crippen LogP contribution in [0.2, 0.25) is 0 Å². The Morgan fingerprint density at radius 3 is 2.31 bits per heavy atom. The molecule has 0 fully saturated rings. The number of benzene rings is 3. The van der Waals surface area contributed by atoms with Crippen molar-refractivity contribution >= 4 is 22.6 Å². The summed E-state index contributed by atoms with van der Waals surface area (Å²) >= 11 is 0. The summed E-state index contributed by atoms with van der Waals surface area (Å²) in [6, 6.07) is 13.7. The highest BCUT2D eigenvalue weighted by Crippen LogP contribution is 2.32. The number of halogens is 3. The predicted octanol–water partition coefficient (Wildman–Crippen LogP) is 4.62. The zero-order chi connectivity index (χ0) is 23.5. The first-order chi connectivity index (χ1) is 15.0. The minimum atomic E-state index is -3.80. The molecule has 0 aliphatic rings. The number of carbonyl (C=O) groups excluding carboxylic acids is 1. The number of hydrogen-bond acceptors (Lipinski definition) is 4. The smallest absolute Gasteiger partial charge is 0.432 e. The minimum absolute atomic E-state index is 0.115. The van der Waals surface area contributed by atoms with Gasteiger partial charge in [-0.15, -0.1) is 0 Å². The highest BCUT2D eigenvalue weighted by Gasteiger charge is 2.35. The lowest BCUT2D eigenvalue weighted by molar-refractivity contribution is -0.195. The summed E-state index contributed by atoms with van der Waals surface area (Å²) < 4.78 is 51.7. The Labute approximate surface area is 181 Å². The number of carboxylic acids is 1. The maximum absolute atomic E-state index is 14.4. The molecule has 3 aromatic carbocycles. The van der Waals surface area contributed by atoms with E-state index >= 15 is 0 Å². The molecule has 168 valence electrons. The average Bonchev–Trinajstić information content (AvgIpc) is 2.73. The number of fused-ring (bicyclic) bond motifs is 1. The number of nitrogens with one attached hydrogen (secondary N) is 1. The van der Waals surface area contributed by atoms with E-state index in [9.17, 15) is 27.9 Å². The summed E-state index contributed by atoms with van der Waals surface area (Å²) in [5, 5.41) is 12.6. The van der Waals surface area contributed by atoms with Crippen LogP contribution in [0.1, 0.15) is 24.2 Å². The van der Waals surface area contributed by atoms with Crippen LogP contribution in [0.15, 0.2) is 60.7 Å². The summed E-state index contributed by atoms with van der Waals surface area (Å²) in [7, 11) is 0. The summed E-state index contributed by atoms with van der Waals surface area (Å²) in [6.07, 6.45) is -3.80. The molecule has 9 heteroatoms. The van der Waals surface area contributed by atoms with Crippen LogP contribution in [0.25, 0.3) is 10.8 Å². The molecule has 0 atom stereocenters. The number of aliphatic carboxylic acids is 1. The van der Waals surface area contributed by atoms with Crippen LogP contribution in [0.4, 0.5) is 13.2 Å². The molecule has 1 amide bonds. The van der Waals surface area contributed by atoms with Crippen molar-refractivity contribution in [3.8, 4) is 11.5 Å². The van der Waals surface area contributed by atoms with E-state index in [4.69, 9.17) is 4.74 Å². The third-order valence-corrected chi connectivity index (χ3v) is 4.55. The topological polar surface area (TPSA) is 84.9 Å². The number of ether oxygens (including phenoxy) is 2. The van der Waals surface area contributed by atoms with Crippen molar-refractivity contribution in [3.05, 3.63) is 72.0 Å². The van der Waals surface area contributed by atoms with E-state index in [2.05, 4.69) is 10.1 Å². The van der Waals surface area contributed by atoms with E-state index in [-0.39, 0.29) is 17.1 Å². The number of hydrogen-bond donors (Lipinski definition) is 2. The zero-order valence-electron chi connectivity index (χ0n) is 17.2. The highest BCUT2D eigenvalue weighted by molar-refractivity contribution is 6.05. The number of carbonyl (C=O) groups is 2. The van der Waals surface area contributed by atoms with E-state index in [1.54, 1.807) is 30.3 Å². The van der Waals surface area contributed by atoms with Gasteiger partial charge >= 0.3 is 12.1 Å². The molecule has 0 saturated carbocycles. The van der Waals surface area contributed by atoms with Crippen LogP contribution >= 0.6 is 0 Å². The van der Waals surface area contributed by atoms with Gasteiger partial charge in [0.2, 0.25) is 0 Å². The molecule has 0 saturated heterocycles. The molecule has 3 rings (SSSR count). The van der Waals surface area contributed by atoms with Gasteiger partial charge in [0.05, 0.1) is 5.56 Å². The van der Waals surface area contributed by atoms with Crippen LogP contribution in [0.5, 0.6) is 11.5 Å². The summed E-state index contributed by atoms with van der Waals surface area (Å²) in [4.78, 5) is 24.1. The number of carboxylic acid groups (broad SMARTS) is 1. The lowest BCUT2D eigenvalue weighted by Gasteiger charge is -2.23. The Bertz CT molecular complexity index is 1150. The molecular formula is C23H20F3NO5. The maximum Gasteiger partial charge on any atom is 0.432 e. The Balaban J connectivity index is 1.90. The molecule has 6 nitrogen and oxygen atoms in total. The van der Waals surface area contributed by atoms with E-state index in [0.717, 1.165) is 24.3 Å². The third-order valence-electron chi connectivity index (χ3n) is 4.55. The molecule has 32 heavy (non-hydrogen) atoms. The van der Waals surface area contributed by atoms with Crippen molar-refractivity contribution in [2.24, 2.45) is 0 Å². The fourth-order valence-electron chi connectivity index (χ4n) is 2.84. The molecule has 0 aliphatic carbocycles. The number of rotatable bonds is 8. The second-order valence-electron chi connectivity index (χ2n) is 7.53. The minimum Gasteiger partial charge on any atom is -0.482 e. The predicted molar refractivity (Wildman–Crippen MR) is 111 cm³/mol. The Kier molecular flexibility index (Phi) is 6.29. The van der Waals surface area contributed by atoms with Crippen molar-refractivity contribution in [2.45, 2.75) is 25.5 Å². The second kappa shape index (κ2) is 8.78. The van der Waals surface area contributed by atoms with Crippen molar-refractivity contribution in [3.63, 3.8) is 0 Å². The molecule has 0 aliphatic heterocycles. The first-order valence-electron chi connectivity index (χ1n) is 9.51. The fraction of sp³-hybridized carbons (Fsp3) is 0.217. The molecule has 0 spiro atoms. The molecule has 0 radical (unpaired) electrons. The van der Waals surface area contributed by atoms with Crippen molar-refractivity contribution < 1.29 is 37.3 Å². The molecule has 0 unspecified atom stereocenters. The molecule has 0 aromatic heterocycles. The number of amides is 1. The van der Waals surface area contributed by atoms with E-state index in [1.807, 2.05) is 0 Å². The van der Waals surface area contributed by atoms with Crippen molar-refractivity contribution in [2.75, 3.05) is 6.61 Å². The van der Waals surface area contributed by atoms with Crippen molar-refractivity contribution in [1.29, 1.82) is 0 Å².